The maximum atomic E-state index is 10.7. The molecule has 0 aliphatic rings. The summed E-state index contributed by atoms with van der Waals surface area (Å²) in [7, 11) is 1.57. The van der Waals surface area contributed by atoms with Crippen LogP contribution in [0.2, 0.25) is 0 Å². The van der Waals surface area contributed by atoms with Gasteiger partial charge in [-0.3, -0.25) is 0 Å². The van der Waals surface area contributed by atoms with E-state index in [1.807, 2.05) is 24.3 Å². The van der Waals surface area contributed by atoms with E-state index >= 15 is 0 Å². The van der Waals surface area contributed by atoms with E-state index in [0.29, 0.717) is 17.1 Å². The Labute approximate surface area is 122 Å². The highest BCUT2D eigenvalue weighted by Gasteiger charge is 2.04. The highest BCUT2D eigenvalue weighted by molar-refractivity contribution is 5.64. The van der Waals surface area contributed by atoms with Gasteiger partial charge < -0.3 is 15.2 Å². The maximum Gasteiger partial charge on any atom is 0.404 e. The van der Waals surface area contributed by atoms with Crippen molar-refractivity contribution < 1.29 is 14.3 Å². The normalized spacial score (nSPS) is 10.5. The average Bonchev–Trinajstić information content (AvgIpc) is 2.51. The van der Waals surface area contributed by atoms with E-state index < -0.39 is 6.09 Å². The summed E-state index contributed by atoms with van der Waals surface area (Å²) in [5.74, 6) is 0.632. The van der Waals surface area contributed by atoms with Crippen LogP contribution in [0.4, 0.5) is 16.2 Å². The number of azo groups is 1. The Bertz CT molecular complexity index is 656. The first kappa shape index (κ1) is 14.5. The molecule has 21 heavy (non-hydrogen) atoms. The molecule has 0 unspecified atom stereocenters. The fourth-order valence-corrected chi connectivity index (χ4v) is 1.70. The Kier molecular flexibility index (Phi) is 4.87. The first-order chi connectivity index (χ1) is 10.2. The molecule has 0 radical (unpaired) electrons. The van der Waals surface area contributed by atoms with Gasteiger partial charge in [-0.2, -0.15) is 5.11 Å². The van der Waals surface area contributed by atoms with Gasteiger partial charge in [-0.05, 0) is 18.2 Å². The summed E-state index contributed by atoms with van der Waals surface area (Å²) in [5, 5.41) is 8.34. The quantitative estimate of drug-likeness (QED) is 0.849. The molecule has 0 saturated heterocycles. The predicted octanol–water partition coefficient (Wildman–Crippen LogP) is 3.71. The lowest BCUT2D eigenvalue weighted by Gasteiger charge is -2.05. The minimum absolute atomic E-state index is 0.0520. The van der Waals surface area contributed by atoms with Crippen molar-refractivity contribution >= 4 is 17.5 Å². The van der Waals surface area contributed by atoms with Gasteiger partial charge in [0.05, 0.1) is 12.8 Å². The van der Waals surface area contributed by atoms with Crippen molar-refractivity contribution in [3.8, 4) is 5.75 Å². The molecule has 6 nitrogen and oxygen atoms in total. The minimum Gasteiger partial charge on any atom is -0.494 e. The smallest absolute Gasteiger partial charge is 0.404 e. The fraction of sp³-hybridized carbons (Fsp3) is 0.133. The number of carbonyl (C=O) groups is 1. The monoisotopic (exact) mass is 285 g/mol. The van der Waals surface area contributed by atoms with E-state index in [1.165, 1.54) is 0 Å². The van der Waals surface area contributed by atoms with E-state index in [0.717, 1.165) is 5.56 Å². The van der Waals surface area contributed by atoms with Gasteiger partial charge in [-0.1, -0.05) is 30.3 Å². The molecule has 1 amide bonds. The van der Waals surface area contributed by atoms with E-state index in [2.05, 4.69) is 10.2 Å². The average molecular weight is 285 g/mol. The molecule has 0 saturated carbocycles. The van der Waals surface area contributed by atoms with Gasteiger partial charge in [0.2, 0.25) is 0 Å². The second-order valence-corrected chi connectivity index (χ2v) is 4.11. The maximum absolute atomic E-state index is 10.7. The van der Waals surface area contributed by atoms with Gasteiger partial charge in [-0.25, -0.2) is 4.79 Å². The molecule has 108 valence electrons. The second-order valence-electron chi connectivity index (χ2n) is 4.11. The molecule has 0 spiro atoms. The van der Waals surface area contributed by atoms with Crippen LogP contribution in [0.3, 0.4) is 0 Å². The zero-order valence-corrected chi connectivity index (χ0v) is 11.5. The minimum atomic E-state index is -0.827. The number of methoxy groups -OCH3 is 1. The van der Waals surface area contributed by atoms with E-state index in [1.54, 1.807) is 31.4 Å². The summed E-state index contributed by atoms with van der Waals surface area (Å²) in [6.45, 7) is 0.0520. The highest BCUT2D eigenvalue weighted by Crippen LogP contribution is 2.29. The number of hydrogen-bond acceptors (Lipinski definition) is 5. The number of hydrogen-bond donors (Lipinski definition) is 1. The van der Waals surface area contributed by atoms with Crippen LogP contribution in [0.1, 0.15) is 5.56 Å². The lowest BCUT2D eigenvalue weighted by molar-refractivity contribution is 0.150. The molecule has 0 aliphatic carbocycles. The van der Waals surface area contributed by atoms with Crippen molar-refractivity contribution in [3.05, 3.63) is 54.1 Å². The van der Waals surface area contributed by atoms with Crippen molar-refractivity contribution in [1.82, 2.24) is 0 Å². The standard InChI is InChI=1S/C15H15N3O3/c1-20-14-9-5-4-8-13(14)18-17-12-7-3-2-6-11(12)10-21-15(16)19/h2-9H,10H2,1H3,(H2,16,19)/b18-17+. The summed E-state index contributed by atoms with van der Waals surface area (Å²) in [6.07, 6.45) is -0.827. The number of nitrogens with zero attached hydrogens (tertiary/aromatic N) is 2. The van der Waals surface area contributed by atoms with E-state index in [9.17, 15) is 4.79 Å². The molecule has 0 atom stereocenters. The zero-order valence-electron chi connectivity index (χ0n) is 11.5. The lowest BCUT2D eigenvalue weighted by atomic mass is 10.2. The number of amides is 1. The van der Waals surface area contributed by atoms with Crippen LogP contribution in [-0.2, 0) is 11.3 Å². The topological polar surface area (TPSA) is 86.3 Å². The molecule has 0 fully saturated rings. The molecule has 2 aromatic rings. The van der Waals surface area contributed by atoms with Gasteiger partial charge in [0, 0.05) is 5.56 Å². The molecular formula is C15H15N3O3. The lowest BCUT2D eigenvalue weighted by Crippen LogP contribution is -2.12. The van der Waals surface area contributed by atoms with Crippen molar-refractivity contribution in [3.63, 3.8) is 0 Å². The van der Waals surface area contributed by atoms with E-state index in [-0.39, 0.29) is 6.61 Å². The molecule has 2 aromatic carbocycles. The zero-order chi connectivity index (χ0) is 15.1. The third-order valence-electron chi connectivity index (χ3n) is 2.71. The Morgan fingerprint density at radius 2 is 1.67 bits per heavy atom. The van der Waals surface area contributed by atoms with Gasteiger partial charge in [0.1, 0.15) is 18.0 Å². The molecular weight excluding hydrogens is 270 g/mol. The molecule has 0 aromatic heterocycles. The van der Waals surface area contributed by atoms with Crippen molar-refractivity contribution in [2.24, 2.45) is 16.0 Å². The first-order valence-corrected chi connectivity index (χ1v) is 6.25. The van der Waals surface area contributed by atoms with Crippen LogP contribution in [0.5, 0.6) is 5.75 Å². The van der Waals surface area contributed by atoms with Crippen LogP contribution in [0.25, 0.3) is 0 Å². The Morgan fingerprint density at radius 1 is 1.05 bits per heavy atom. The SMILES string of the molecule is COc1ccccc1/N=N/c1ccccc1COC(N)=O. The molecule has 0 aliphatic heterocycles. The number of primary amides is 1. The summed E-state index contributed by atoms with van der Waals surface area (Å²) in [5.41, 5.74) is 6.90. The fourth-order valence-electron chi connectivity index (χ4n) is 1.70. The Morgan fingerprint density at radius 3 is 2.38 bits per heavy atom. The number of rotatable bonds is 5. The van der Waals surface area contributed by atoms with E-state index in [4.69, 9.17) is 15.2 Å². The van der Waals surface area contributed by atoms with Crippen molar-refractivity contribution in [2.45, 2.75) is 6.61 Å². The van der Waals surface area contributed by atoms with Gasteiger partial charge in [0.25, 0.3) is 0 Å². The largest absolute Gasteiger partial charge is 0.494 e. The summed E-state index contributed by atoms with van der Waals surface area (Å²) >= 11 is 0. The van der Waals surface area contributed by atoms with Crippen LogP contribution in [-0.4, -0.2) is 13.2 Å². The summed E-state index contributed by atoms with van der Waals surface area (Å²) in [4.78, 5) is 10.7. The third kappa shape index (κ3) is 4.04. The summed E-state index contributed by atoms with van der Waals surface area (Å²) < 4.78 is 9.98. The highest BCUT2D eigenvalue weighted by atomic mass is 16.5. The third-order valence-corrected chi connectivity index (χ3v) is 2.71. The molecule has 0 bridgehead atoms. The number of benzene rings is 2. The van der Waals surface area contributed by atoms with Crippen LogP contribution >= 0.6 is 0 Å². The number of ether oxygens (including phenoxy) is 2. The number of nitrogens with two attached hydrogens (primary N) is 1. The number of para-hydroxylation sites is 1. The first-order valence-electron chi connectivity index (χ1n) is 6.25. The Hall–Kier alpha value is -2.89. The molecule has 0 heterocycles. The van der Waals surface area contributed by atoms with Crippen LogP contribution < -0.4 is 10.5 Å². The van der Waals surface area contributed by atoms with Gasteiger partial charge in [0.15, 0.2) is 0 Å². The van der Waals surface area contributed by atoms with Gasteiger partial charge >= 0.3 is 6.09 Å². The van der Waals surface area contributed by atoms with Crippen LogP contribution in [0.15, 0.2) is 58.8 Å². The second kappa shape index (κ2) is 7.04. The molecule has 6 heteroatoms. The Balaban J connectivity index is 2.22. The van der Waals surface area contributed by atoms with Crippen molar-refractivity contribution in [1.29, 1.82) is 0 Å². The van der Waals surface area contributed by atoms with Crippen molar-refractivity contribution in [2.75, 3.05) is 7.11 Å². The predicted molar refractivity (Wildman–Crippen MR) is 78.0 cm³/mol. The van der Waals surface area contributed by atoms with Gasteiger partial charge in [-0.15, -0.1) is 5.11 Å². The number of carbonyl (C=O) groups excluding carboxylic acids is 1. The van der Waals surface area contributed by atoms with Crippen LogP contribution in [0, 0.1) is 0 Å². The molecule has 2 rings (SSSR count). The summed E-state index contributed by atoms with van der Waals surface area (Å²) in [6, 6.07) is 14.5. The molecule has 2 N–H and O–H groups in total.